The van der Waals surface area contributed by atoms with Crippen LogP contribution in [0.3, 0.4) is 0 Å². The van der Waals surface area contributed by atoms with Crippen molar-refractivity contribution in [1.82, 2.24) is 4.98 Å². The van der Waals surface area contributed by atoms with Crippen molar-refractivity contribution in [3.63, 3.8) is 0 Å². The van der Waals surface area contributed by atoms with Gasteiger partial charge >= 0.3 is 0 Å². The molecule has 1 aliphatic carbocycles. The number of hydrogen-bond donors (Lipinski definition) is 1. The van der Waals surface area contributed by atoms with Gasteiger partial charge in [0.15, 0.2) is 11.3 Å². The molecule has 1 aromatic carbocycles. The fourth-order valence-electron chi connectivity index (χ4n) is 3.07. The van der Waals surface area contributed by atoms with E-state index in [1.807, 2.05) is 13.0 Å². The maximum absolute atomic E-state index is 6.09. The van der Waals surface area contributed by atoms with Gasteiger partial charge in [0.05, 0.1) is 5.36 Å². The van der Waals surface area contributed by atoms with Crippen LogP contribution >= 0.6 is 0 Å². The fraction of sp³-hybridized carbons (Fsp3) is 0.333. The third kappa shape index (κ3) is 2.15. The molecule has 0 aromatic heterocycles. The minimum Gasteiger partial charge on any atom is -0.453 e. The molecule has 112 valence electrons. The van der Waals surface area contributed by atoms with Crippen LogP contribution in [-0.4, -0.2) is 18.1 Å². The lowest BCUT2D eigenvalue weighted by Gasteiger charge is -2.18. The van der Waals surface area contributed by atoms with E-state index < -0.39 is 0 Å². The predicted octanol–water partition coefficient (Wildman–Crippen LogP) is 3.52. The number of benzene rings is 2. The van der Waals surface area contributed by atoms with E-state index >= 15 is 0 Å². The van der Waals surface area contributed by atoms with Crippen LogP contribution in [0.2, 0.25) is 0 Å². The average Bonchev–Trinajstić information content (AvgIpc) is 2.52. The van der Waals surface area contributed by atoms with Crippen molar-refractivity contribution in [3.8, 4) is 11.5 Å². The van der Waals surface area contributed by atoms with E-state index in [0.717, 1.165) is 53.0 Å². The zero-order chi connectivity index (χ0) is 15.1. The standard InChI is InChI=1S/C18H19N3O/c1-3-19-13-9-17-15(7-11(13)2)21-16-8-12-5-4-6-20-14(12)10-18(16)22-17/h7-10,20H,3-6H2,1-2H3/b19-13-. The number of rotatable bonds is 1. The number of fused-ring (bicyclic) bond motifs is 3. The second kappa shape index (κ2) is 5.13. The highest BCUT2D eigenvalue weighted by Gasteiger charge is 2.15. The Labute approximate surface area is 129 Å². The average molecular weight is 293 g/mol. The van der Waals surface area contributed by atoms with Crippen LogP contribution in [-0.2, 0) is 6.42 Å². The SMILES string of the molecule is CC/N=c1/cc2oc3cc4c(cc3nc-2cc1C)CCCN4. The Balaban J connectivity index is 1.99. The van der Waals surface area contributed by atoms with Gasteiger partial charge in [0.2, 0.25) is 0 Å². The molecule has 0 saturated heterocycles. The molecule has 0 amide bonds. The molecule has 0 radical (unpaired) electrons. The largest absolute Gasteiger partial charge is 0.453 e. The second-order valence-corrected chi connectivity index (χ2v) is 5.80. The van der Waals surface area contributed by atoms with E-state index in [-0.39, 0.29) is 0 Å². The molecule has 0 spiro atoms. The summed E-state index contributed by atoms with van der Waals surface area (Å²) < 4.78 is 6.09. The van der Waals surface area contributed by atoms with E-state index in [1.54, 1.807) is 0 Å². The van der Waals surface area contributed by atoms with Gasteiger partial charge in [0.1, 0.15) is 11.2 Å². The molecule has 2 aliphatic heterocycles. The van der Waals surface area contributed by atoms with E-state index in [4.69, 9.17) is 9.40 Å². The lowest BCUT2D eigenvalue weighted by atomic mass is 10.0. The summed E-state index contributed by atoms with van der Waals surface area (Å²) in [6.45, 7) is 5.90. The maximum Gasteiger partial charge on any atom is 0.155 e. The minimum absolute atomic E-state index is 0.769. The van der Waals surface area contributed by atoms with Crippen molar-refractivity contribution in [2.75, 3.05) is 18.4 Å². The smallest absolute Gasteiger partial charge is 0.155 e. The molecule has 4 rings (SSSR count). The highest BCUT2D eigenvalue weighted by molar-refractivity contribution is 5.82. The Hall–Kier alpha value is -2.36. The predicted molar refractivity (Wildman–Crippen MR) is 88.3 cm³/mol. The Bertz CT molecular complexity index is 895. The van der Waals surface area contributed by atoms with Crippen LogP contribution in [0.25, 0.3) is 22.6 Å². The van der Waals surface area contributed by atoms with Gasteiger partial charge in [-0.25, -0.2) is 4.98 Å². The zero-order valence-electron chi connectivity index (χ0n) is 12.9. The lowest BCUT2D eigenvalue weighted by molar-refractivity contribution is 0.611. The van der Waals surface area contributed by atoms with Gasteiger partial charge in [0, 0.05) is 30.9 Å². The number of anilines is 1. The first-order chi connectivity index (χ1) is 10.7. The van der Waals surface area contributed by atoms with Crippen LogP contribution in [0.4, 0.5) is 5.69 Å². The maximum atomic E-state index is 6.09. The van der Waals surface area contributed by atoms with Gasteiger partial charge in [-0.05, 0) is 49.9 Å². The molecule has 4 nitrogen and oxygen atoms in total. The van der Waals surface area contributed by atoms with Crippen LogP contribution < -0.4 is 10.7 Å². The van der Waals surface area contributed by atoms with Crippen molar-refractivity contribution >= 4 is 16.8 Å². The minimum atomic E-state index is 0.769. The lowest BCUT2D eigenvalue weighted by Crippen LogP contribution is -2.12. The molecule has 2 heterocycles. The summed E-state index contributed by atoms with van der Waals surface area (Å²) in [5, 5.41) is 4.42. The first-order valence-electron chi connectivity index (χ1n) is 7.87. The van der Waals surface area contributed by atoms with Crippen molar-refractivity contribution in [2.24, 2.45) is 4.99 Å². The Kier molecular flexibility index (Phi) is 3.10. The molecule has 3 aliphatic rings. The first-order valence-corrected chi connectivity index (χ1v) is 7.87. The number of aromatic nitrogens is 1. The Morgan fingerprint density at radius 1 is 1.27 bits per heavy atom. The molecule has 22 heavy (non-hydrogen) atoms. The van der Waals surface area contributed by atoms with Gasteiger partial charge < -0.3 is 9.73 Å². The van der Waals surface area contributed by atoms with Crippen molar-refractivity contribution < 1.29 is 4.42 Å². The summed E-state index contributed by atoms with van der Waals surface area (Å²) in [4.78, 5) is 9.29. The van der Waals surface area contributed by atoms with Crippen LogP contribution in [0, 0.1) is 6.92 Å². The van der Waals surface area contributed by atoms with Gasteiger partial charge in [0.25, 0.3) is 0 Å². The topological polar surface area (TPSA) is 50.4 Å². The first kappa shape index (κ1) is 13.3. The monoisotopic (exact) mass is 293 g/mol. The summed E-state index contributed by atoms with van der Waals surface area (Å²) in [5.41, 5.74) is 6.28. The molecule has 0 unspecified atom stereocenters. The molecule has 1 aromatic rings. The third-order valence-electron chi connectivity index (χ3n) is 4.19. The normalized spacial score (nSPS) is 15.1. The molecule has 0 atom stereocenters. The van der Waals surface area contributed by atoms with E-state index in [9.17, 15) is 0 Å². The van der Waals surface area contributed by atoms with Crippen molar-refractivity contribution in [1.29, 1.82) is 0 Å². The van der Waals surface area contributed by atoms with Crippen molar-refractivity contribution in [3.05, 3.63) is 40.7 Å². The molecular formula is C18H19N3O. The summed E-state index contributed by atoms with van der Waals surface area (Å²) >= 11 is 0. The van der Waals surface area contributed by atoms with Crippen molar-refractivity contribution in [2.45, 2.75) is 26.7 Å². The number of hydrogen-bond acceptors (Lipinski definition) is 4. The van der Waals surface area contributed by atoms with Gasteiger partial charge in [-0.2, -0.15) is 0 Å². The van der Waals surface area contributed by atoms with Gasteiger partial charge in [-0.1, -0.05) is 0 Å². The Morgan fingerprint density at radius 2 is 2.18 bits per heavy atom. The molecule has 4 heteroatoms. The molecule has 0 fully saturated rings. The Morgan fingerprint density at radius 3 is 3.05 bits per heavy atom. The van der Waals surface area contributed by atoms with E-state index in [0.29, 0.717) is 0 Å². The number of nitrogens with one attached hydrogen (secondary N) is 1. The molecule has 0 saturated carbocycles. The molecule has 0 bridgehead atoms. The van der Waals surface area contributed by atoms with Gasteiger partial charge in [-0.15, -0.1) is 0 Å². The number of aryl methyl sites for hydroxylation is 2. The highest BCUT2D eigenvalue weighted by Crippen LogP contribution is 2.30. The zero-order valence-corrected chi connectivity index (χ0v) is 12.9. The highest BCUT2D eigenvalue weighted by atomic mass is 16.3. The van der Waals surface area contributed by atoms with E-state index in [2.05, 4.69) is 35.4 Å². The second-order valence-electron chi connectivity index (χ2n) is 5.80. The summed E-state index contributed by atoms with van der Waals surface area (Å²) in [7, 11) is 0. The van der Waals surface area contributed by atoms with E-state index in [1.165, 1.54) is 17.7 Å². The summed E-state index contributed by atoms with van der Waals surface area (Å²) in [6, 6.07) is 8.28. The third-order valence-corrected chi connectivity index (χ3v) is 4.19. The quantitative estimate of drug-likeness (QED) is 0.698. The molecular weight excluding hydrogens is 274 g/mol. The fourth-order valence-corrected chi connectivity index (χ4v) is 3.07. The summed E-state index contributed by atoms with van der Waals surface area (Å²) in [5.74, 6) is 0.793. The summed E-state index contributed by atoms with van der Waals surface area (Å²) in [6.07, 6.45) is 2.27. The van der Waals surface area contributed by atoms with Crippen LogP contribution in [0.15, 0.2) is 33.7 Å². The van der Waals surface area contributed by atoms with Gasteiger partial charge in [-0.3, -0.25) is 4.99 Å². The molecule has 1 N–H and O–H groups in total. The van der Waals surface area contributed by atoms with Crippen LogP contribution in [0.5, 0.6) is 0 Å². The van der Waals surface area contributed by atoms with Crippen LogP contribution in [0.1, 0.15) is 24.5 Å². The number of nitrogens with zero attached hydrogens (tertiary/aromatic N) is 2.